The van der Waals surface area contributed by atoms with Crippen molar-refractivity contribution in [2.75, 3.05) is 13.1 Å². The van der Waals surface area contributed by atoms with E-state index < -0.39 is 0 Å². The van der Waals surface area contributed by atoms with Gasteiger partial charge < -0.3 is 10.2 Å². The minimum Gasteiger partial charge on any atom is -0.507 e. The first-order valence-electron chi connectivity index (χ1n) is 10.1. The molecule has 2 aromatic carbocycles. The van der Waals surface area contributed by atoms with Crippen LogP contribution in [0.1, 0.15) is 36.5 Å². The molecular formula is C25H31NO2. The van der Waals surface area contributed by atoms with Gasteiger partial charge in [-0.2, -0.15) is 0 Å². The van der Waals surface area contributed by atoms with Gasteiger partial charge in [0.15, 0.2) is 0 Å². The first-order valence-corrected chi connectivity index (χ1v) is 10.1. The van der Waals surface area contributed by atoms with Crippen LogP contribution in [0, 0.1) is 5.92 Å². The smallest absolute Gasteiger partial charge is 0.128 e. The van der Waals surface area contributed by atoms with Gasteiger partial charge >= 0.3 is 0 Å². The molecule has 148 valence electrons. The standard InChI is InChI=1S/C25H31NO2/c1-4-7-19-10-11-24(27)22(14-19)23-15-20(8-5-2)13-21(25(23)28)17-26-12-6-9-18(3)16-26/h4-5,10-11,13-15,18,27-28H,1-2,6-9,12,16-17H2,3H3. The van der Waals surface area contributed by atoms with Crippen molar-refractivity contribution in [2.24, 2.45) is 5.92 Å². The molecule has 0 aromatic heterocycles. The van der Waals surface area contributed by atoms with E-state index in [9.17, 15) is 10.2 Å². The Morgan fingerprint density at radius 3 is 2.46 bits per heavy atom. The molecule has 1 heterocycles. The van der Waals surface area contributed by atoms with Gasteiger partial charge in [0.25, 0.3) is 0 Å². The number of phenols is 2. The van der Waals surface area contributed by atoms with Gasteiger partial charge in [0.05, 0.1) is 0 Å². The first kappa shape index (κ1) is 20.2. The van der Waals surface area contributed by atoms with Crippen LogP contribution in [0.3, 0.4) is 0 Å². The van der Waals surface area contributed by atoms with Crippen molar-refractivity contribution in [1.29, 1.82) is 0 Å². The van der Waals surface area contributed by atoms with Crippen LogP contribution in [0.15, 0.2) is 55.6 Å². The fraction of sp³-hybridized carbons (Fsp3) is 0.360. The Morgan fingerprint density at radius 2 is 1.75 bits per heavy atom. The molecule has 28 heavy (non-hydrogen) atoms. The molecule has 0 aliphatic carbocycles. The monoisotopic (exact) mass is 377 g/mol. The number of hydrogen-bond donors (Lipinski definition) is 2. The number of rotatable bonds is 7. The Balaban J connectivity index is 2.03. The largest absolute Gasteiger partial charge is 0.507 e. The summed E-state index contributed by atoms with van der Waals surface area (Å²) in [5, 5.41) is 21.6. The minimum atomic E-state index is 0.177. The summed E-state index contributed by atoms with van der Waals surface area (Å²) < 4.78 is 0. The molecule has 0 saturated carbocycles. The zero-order valence-electron chi connectivity index (χ0n) is 16.8. The van der Waals surface area contributed by atoms with E-state index in [0.29, 0.717) is 17.0 Å². The topological polar surface area (TPSA) is 43.7 Å². The van der Waals surface area contributed by atoms with Gasteiger partial charge in [0.2, 0.25) is 0 Å². The first-order chi connectivity index (χ1) is 13.5. The molecular weight excluding hydrogens is 346 g/mol. The van der Waals surface area contributed by atoms with Gasteiger partial charge in [0, 0.05) is 29.8 Å². The summed E-state index contributed by atoms with van der Waals surface area (Å²) >= 11 is 0. The fourth-order valence-corrected chi connectivity index (χ4v) is 4.13. The lowest BCUT2D eigenvalue weighted by Gasteiger charge is -2.31. The van der Waals surface area contributed by atoms with Crippen LogP contribution in [0.25, 0.3) is 11.1 Å². The lowest BCUT2D eigenvalue weighted by atomic mass is 9.93. The molecule has 3 heteroatoms. The Bertz CT molecular complexity index is 856. The highest BCUT2D eigenvalue weighted by Gasteiger charge is 2.20. The van der Waals surface area contributed by atoms with Gasteiger partial charge in [-0.15, -0.1) is 13.2 Å². The highest BCUT2D eigenvalue weighted by molar-refractivity contribution is 5.78. The van der Waals surface area contributed by atoms with Crippen molar-refractivity contribution < 1.29 is 10.2 Å². The summed E-state index contributed by atoms with van der Waals surface area (Å²) in [6.07, 6.45) is 7.63. The van der Waals surface area contributed by atoms with E-state index in [1.165, 1.54) is 12.8 Å². The maximum Gasteiger partial charge on any atom is 0.128 e. The second-order valence-corrected chi connectivity index (χ2v) is 7.97. The van der Waals surface area contributed by atoms with Crippen molar-refractivity contribution in [3.63, 3.8) is 0 Å². The van der Waals surface area contributed by atoms with E-state index in [0.717, 1.165) is 49.2 Å². The minimum absolute atomic E-state index is 0.177. The highest BCUT2D eigenvalue weighted by atomic mass is 16.3. The van der Waals surface area contributed by atoms with Gasteiger partial charge in [0.1, 0.15) is 11.5 Å². The molecule has 0 bridgehead atoms. The Labute approximate surface area is 168 Å². The molecule has 1 aliphatic rings. The predicted octanol–water partition coefficient (Wildman–Crippen LogP) is 5.45. The van der Waals surface area contributed by atoms with E-state index >= 15 is 0 Å². The number of aromatic hydroxyl groups is 2. The van der Waals surface area contributed by atoms with Crippen molar-refractivity contribution in [3.8, 4) is 22.6 Å². The fourth-order valence-electron chi connectivity index (χ4n) is 4.13. The SMILES string of the molecule is C=CCc1ccc(O)c(-c2cc(CC=C)cc(CN3CCCC(C)C3)c2O)c1. The third kappa shape index (κ3) is 4.66. The summed E-state index contributed by atoms with van der Waals surface area (Å²) in [5.74, 6) is 1.12. The summed E-state index contributed by atoms with van der Waals surface area (Å²) in [7, 11) is 0. The van der Waals surface area contributed by atoms with Crippen LogP contribution in [0.4, 0.5) is 0 Å². The number of hydrogen-bond acceptors (Lipinski definition) is 3. The third-order valence-electron chi connectivity index (χ3n) is 5.49. The molecule has 3 rings (SSSR count). The molecule has 0 spiro atoms. The number of piperidine rings is 1. The molecule has 1 fully saturated rings. The number of phenolic OH excluding ortho intramolecular Hbond substituents is 2. The van der Waals surface area contributed by atoms with Crippen molar-refractivity contribution in [2.45, 2.75) is 39.2 Å². The molecule has 0 radical (unpaired) electrons. The zero-order valence-corrected chi connectivity index (χ0v) is 16.8. The van der Waals surface area contributed by atoms with Crippen molar-refractivity contribution in [1.82, 2.24) is 4.90 Å². The highest BCUT2D eigenvalue weighted by Crippen LogP contribution is 2.39. The summed E-state index contributed by atoms with van der Waals surface area (Å²) in [6.45, 7) is 12.8. The van der Waals surface area contributed by atoms with Crippen LogP contribution in [-0.2, 0) is 19.4 Å². The third-order valence-corrected chi connectivity index (χ3v) is 5.49. The van der Waals surface area contributed by atoms with Gasteiger partial charge in [-0.1, -0.05) is 31.2 Å². The van der Waals surface area contributed by atoms with Crippen molar-refractivity contribution in [3.05, 3.63) is 72.3 Å². The van der Waals surface area contributed by atoms with E-state index in [2.05, 4.69) is 31.0 Å². The molecule has 1 saturated heterocycles. The molecule has 1 atom stereocenters. The maximum absolute atomic E-state index is 11.1. The van der Waals surface area contributed by atoms with Gasteiger partial charge in [-0.3, -0.25) is 4.90 Å². The van der Waals surface area contributed by atoms with Crippen LogP contribution in [0.5, 0.6) is 11.5 Å². The van der Waals surface area contributed by atoms with E-state index in [1.54, 1.807) is 6.07 Å². The van der Waals surface area contributed by atoms with E-state index in [1.807, 2.05) is 30.4 Å². The average Bonchev–Trinajstić information content (AvgIpc) is 2.66. The predicted molar refractivity (Wildman–Crippen MR) is 117 cm³/mol. The summed E-state index contributed by atoms with van der Waals surface area (Å²) in [5.41, 5.74) is 4.41. The normalized spacial score (nSPS) is 17.4. The second-order valence-electron chi connectivity index (χ2n) is 7.97. The van der Waals surface area contributed by atoms with Crippen molar-refractivity contribution >= 4 is 0 Å². The Morgan fingerprint density at radius 1 is 1.04 bits per heavy atom. The number of benzene rings is 2. The van der Waals surface area contributed by atoms with Gasteiger partial charge in [-0.05, 0) is 67.5 Å². The van der Waals surface area contributed by atoms with Crippen LogP contribution in [0.2, 0.25) is 0 Å². The molecule has 3 nitrogen and oxygen atoms in total. The van der Waals surface area contributed by atoms with E-state index in [-0.39, 0.29) is 11.5 Å². The molecule has 0 amide bonds. The van der Waals surface area contributed by atoms with Crippen LogP contribution >= 0.6 is 0 Å². The zero-order chi connectivity index (χ0) is 20.1. The molecule has 2 N–H and O–H groups in total. The number of nitrogens with zero attached hydrogens (tertiary/aromatic N) is 1. The van der Waals surface area contributed by atoms with E-state index in [4.69, 9.17) is 0 Å². The molecule has 1 unspecified atom stereocenters. The van der Waals surface area contributed by atoms with Gasteiger partial charge in [-0.25, -0.2) is 0 Å². The number of allylic oxidation sites excluding steroid dienone is 2. The second kappa shape index (κ2) is 9.11. The van der Waals surface area contributed by atoms with Crippen LogP contribution < -0.4 is 0 Å². The average molecular weight is 378 g/mol. The van der Waals surface area contributed by atoms with Crippen LogP contribution in [-0.4, -0.2) is 28.2 Å². The molecule has 2 aromatic rings. The maximum atomic E-state index is 11.1. The number of likely N-dealkylation sites (tertiary alicyclic amines) is 1. The quantitative estimate of drug-likeness (QED) is 0.630. The molecule has 1 aliphatic heterocycles. The Hall–Kier alpha value is -2.52. The summed E-state index contributed by atoms with van der Waals surface area (Å²) in [6, 6.07) is 9.56. The summed E-state index contributed by atoms with van der Waals surface area (Å²) in [4.78, 5) is 2.42. The lowest BCUT2D eigenvalue weighted by molar-refractivity contribution is 0.175. The lowest BCUT2D eigenvalue weighted by Crippen LogP contribution is -2.33. The Kier molecular flexibility index (Phi) is 6.58.